The van der Waals surface area contributed by atoms with Gasteiger partial charge in [0.15, 0.2) is 10.7 Å². The van der Waals surface area contributed by atoms with E-state index in [4.69, 9.17) is 16.6 Å². The highest BCUT2D eigenvalue weighted by molar-refractivity contribution is 7.80. The van der Waals surface area contributed by atoms with Gasteiger partial charge in [-0.3, -0.25) is 10.1 Å². The second-order valence-electron chi connectivity index (χ2n) is 8.53. The number of rotatable bonds is 5. The summed E-state index contributed by atoms with van der Waals surface area (Å²) in [5.74, 6) is 0.822. The second-order valence-corrected chi connectivity index (χ2v) is 8.94. The molecule has 0 saturated heterocycles. The maximum Gasteiger partial charge on any atom is 0.257 e. The summed E-state index contributed by atoms with van der Waals surface area (Å²) in [6, 6.07) is 19.7. The molecular formula is C27H27N3O2S. The van der Waals surface area contributed by atoms with E-state index in [1.54, 1.807) is 6.07 Å². The highest BCUT2D eigenvalue weighted by Crippen LogP contribution is 2.27. The third-order valence-corrected chi connectivity index (χ3v) is 5.97. The van der Waals surface area contributed by atoms with Crippen LogP contribution in [0.1, 0.15) is 52.4 Å². The van der Waals surface area contributed by atoms with Crippen molar-refractivity contribution in [1.82, 2.24) is 15.6 Å². The van der Waals surface area contributed by atoms with E-state index >= 15 is 0 Å². The average molecular weight is 458 g/mol. The maximum absolute atomic E-state index is 12.4. The SMILES string of the molecule is Cc1ccc(C(=O)NC(=S)NCc2ccc(-c3nc4cc(C(C)C)ccc4o3)cc2)cc1C. The van der Waals surface area contributed by atoms with E-state index in [9.17, 15) is 4.79 Å². The first-order valence-corrected chi connectivity index (χ1v) is 11.4. The Labute approximate surface area is 199 Å². The number of amides is 1. The molecule has 0 aliphatic carbocycles. The van der Waals surface area contributed by atoms with Gasteiger partial charge in [-0.25, -0.2) is 4.98 Å². The molecule has 1 aromatic heterocycles. The van der Waals surface area contributed by atoms with Crippen LogP contribution in [-0.2, 0) is 6.54 Å². The normalized spacial score (nSPS) is 11.1. The molecule has 0 unspecified atom stereocenters. The van der Waals surface area contributed by atoms with Gasteiger partial charge < -0.3 is 9.73 Å². The van der Waals surface area contributed by atoms with Gasteiger partial charge in [0.25, 0.3) is 5.91 Å². The van der Waals surface area contributed by atoms with Crippen molar-refractivity contribution in [2.75, 3.05) is 0 Å². The number of carbonyl (C=O) groups is 1. The summed E-state index contributed by atoms with van der Waals surface area (Å²) in [5, 5.41) is 6.11. The molecule has 0 atom stereocenters. The van der Waals surface area contributed by atoms with Crippen LogP contribution in [0.2, 0.25) is 0 Å². The number of nitrogens with zero attached hydrogens (tertiary/aromatic N) is 1. The number of oxazole rings is 1. The standard InChI is InChI=1S/C27H27N3O2S/c1-16(2)21-11-12-24-23(14-21)29-26(32-24)20-9-6-19(7-10-20)15-28-27(33)30-25(31)22-8-5-17(3)18(4)13-22/h5-14,16H,15H2,1-4H3,(H2,28,30,31,33). The van der Waals surface area contributed by atoms with E-state index in [0.717, 1.165) is 33.4 Å². The fourth-order valence-electron chi connectivity index (χ4n) is 3.48. The van der Waals surface area contributed by atoms with Gasteiger partial charge in [0.1, 0.15) is 5.52 Å². The first kappa shape index (κ1) is 22.7. The molecule has 0 radical (unpaired) electrons. The van der Waals surface area contributed by atoms with Gasteiger partial charge in [0, 0.05) is 17.7 Å². The minimum atomic E-state index is -0.220. The number of hydrogen-bond acceptors (Lipinski definition) is 4. The Morgan fingerprint density at radius 2 is 1.76 bits per heavy atom. The zero-order valence-corrected chi connectivity index (χ0v) is 20.0. The lowest BCUT2D eigenvalue weighted by atomic mass is 10.0. The van der Waals surface area contributed by atoms with Crippen molar-refractivity contribution < 1.29 is 9.21 Å². The van der Waals surface area contributed by atoms with Crippen LogP contribution in [0.5, 0.6) is 0 Å². The summed E-state index contributed by atoms with van der Waals surface area (Å²) < 4.78 is 5.93. The van der Waals surface area contributed by atoms with Gasteiger partial charge in [0.05, 0.1) is 0 Å². The summed E-state index contributed by atoms with van der Waals surface area (Å²) in [6.07, 6.45) is 0. The van der Waals surface area contributed by atoms with Gasteiger partial charge in [-0.2, -0.15) is 0 Å². The topological polar surface area (TPSA) is 67.2 Å². The van der Waals surface area contributed by atoms with Crippen LogP contribution in [-0.4, -0.2) is 16.0 Å². The molecule has 1 amide bonds. The average Bonchev–Trinajstić information content (AvgIpc) is 3.23. The van der Waals surface area contributed by atoms with Crippen LogP contribution in [0.25, 0.3) is 22.6 Å². The molecule has 0 saturated carbocycles. The summed E-state index contributed by atoms with van der Waals surface area (Å²) >= 11 is 5.29. The van der Waals surface area contributed by atoms with E-state index in [1.165, 1.54) is 5.56 Å². The van der Waals surface area contributed by atoms with Gasteiger partial charge in [-0.15, -0.1) is 0 Å². The summed E-state index contributed by atoms with van der Waals surface area (Å²) in [4.78, 5) is 17.1. The molecule has 0 spiro atoms. The number of aromatic nitrogens is 1. The fraction of sp³-hybridized carbons (Fsp3) is 0.222. The Morgan fingerprint density at radius 1 is 1.00 bits per heavy atom. The molecule has 6 heteroatoms. The maximum atomic E-state index is 12.4. The molecule has 5 nitrogen and oxygen atoms in total. The number of fused-ring (bicyclic) bond motifs is 1. The summed E-state index contributed by atoms with van der Waals surface area (Å²) in [5.41, 5.74) is 7.63. The molecule has 0 fully saturated rings. The van der Waals surface area contributed by atoms with Crippen molar-refractivity contribution in [3.8, 4) is 11.5 Å². The van der Waals surface area contributed by atoms with Crippen LogP contribution >= 0.6 is 12.2 Å². The summed E-state index contributed by atoms with van der Waals surface area (Å²) in [7, 11) is 0. The van der Waals surface area contributed by atoms with Gasteiger partial charge in [-0.05, 0) is 90.6 Å². The van der Waals surface area contributed by atoms with Gasteiger partial charge >= 0.3 is 0 Å². The van der Waals surface area contributed by atoms with Crippen molar-refractivity contribution >= 4 is 34.3 Å². The molecule has 33 heavy (non-hydrogen) atoms. The van der Waals surface area contributed by atoms with Crippen LogP contribution < -0.4 is 10.6 Å². The lowest BCUT2D eigenvalue weighted by Gasteiger charge is -2.11. The number of hydrogen-bond donors (Lipinski definition) is 2. The lowest BCUT2D eigenvalue weighted by Crippen LogP contribution is -2.38. The molecular weight excluding hydrogens is 430 g/mol. The third kappa shape index (κ3) is 5.29. The first-order valence-electron chi connectivity index (χ1n) is 11.0. The number of benzene rings is 3. The molecule has 4 aromatic rings. The van der Waals surface area contributed by atoms with Gasteiger partial charge in [-0.1, -0.05) is 38.1 Å². The number of nitrogens with one attached hydrogen (secondary N) is 2. The Morgan fingerprint density at radius 3 is 2.45 bits per heavy atom. The highest BCUT2D eigenvalue weighted by Gasteiger charge is 2.11. The molecule has 2 N–H and O–H groups in total. The minimum Gasteiger partial charge on any atom is -0.436 e. The van der Waals surface area contributed by atoms with Crippen LogP contribution in [0.15, 0.2) is 65.1 Å². The van der Waals surface area contributed by atoms with Crippen molar-refractivity contribution in [3.05, 3.63) is 88.5 Å². The highest BCUT2D eigenvalue weighted by atomic mass is 32.1. The fourth-order valence-corrected chi connectivity index (χ4v) is 3.64. The zero-order chi connectivity index (χ0) is 23.5. The lowest BCUT2D eigenvalue weighted by molar-refractivity contribution is 0.0976. The van der Waals surface area contributed by atoms with Crippen LogP contribution in [0.4, 0.5) is 0 Å². The third-order valence-electron chi connectivity index (χ3n) is 5.73. The van der Waals surface area contributed by atoms with E-state index in [-0.39, 0.29) is 5.91 Å². The molecule has 0 aliphatic rings. The van der Waals surface area contributed by atoms with E-state index in [1.807, 2.05) is 56.3 Å². The number of aryl methyl sites for hydroxylation is 2. The Hall–Kier alpha value is -3.51. The smallest absolute Gasteiger partial charge is 0.257 e. The van der Waals surface area contributed by atoms with Crippen molar-refractivity contribution in [2.45, 2.75) is 40.2 Å². The monoisotopic (exact) mass is 457 g/mol. The van der Waals surface area contributed by atoms with Crippen molar-refractivity contribution in [2.24, 2.45) is 0 Å². The van der Waals surface area contributed by atoms with E-state index < -0.39 is 0 Å². The predicted octanol–water partition coefficient (Wildman–Crippen LogP) is 6.04. The Balaban J connectivity index is 1.36. The number of thiocarbonyl (C=S) groups is 1. The zero-order valence-electron chi connectivity index (χ0n) is 19.2. The molecule has 1 heterocycles. The molecule has 0 aliphatic heterocycles. The summed E-state index contributed by atoms with van der Waals surface area (Å²) in [6.45, 7) is 8.82. The van der Waals surface area contributed by atoms with E-state index in [2.05, 4.69) is 41.6 Å². The Kier molecular flexibility index (Phi) is 6.56. The quantitative estimate of drug-likeness (QED) is 0.358. The number of carbonyl (C=O) groups excluding carboxylic acids is 1. The largest absolute Gasteiger partial charge is 0.436 e. The molecule has 168 valence electrons. The van der Waals surface area contributed by atoms with Crippen molar-refractivity contribution in [1.29, 1.82) is 0 Å². The molecule has 4 rings (SSSR count). The van der Waals surface area contributed by atoms with Crippen LogP contribution in [0, 0.1) is 13.8 Å². The molecule has 0 bridgehead atoms. The molecule has 3 aromatic carbocycles. The first-order chi connectivity index (χ1) is 15.8. The van der Waals surface area contributed by atoms with E-state index in [0.29, 0.717) is 29.0 Å². The predicted molar refractivity (Wildman–Crippen MR) is 136 cm³/mol. The van der Waals surface area contributed by atoms with Crippen molar-refractivity contribution in [3.63, 3.8) is 0 Å². The van der Waals surface area contributed by atoms with Gasteiger partial charge in [0.2, 0.25) is 5.89 Å². The Bertz CT molecular complexity index is 1320. The van der Waals surface area contributed by atoms with Crippen LogP contribution in [0.3, 0.4) is 0 Å². The minimum absolute atomic E-state index is 0.220. The second kappa shape index (κ2) is 9.55.